The molecule has 3 aromatic rings. The van der Waals surface area contributed by atoms with Gasteiger partial charge >= 0.3 is 6.01 Å². The lowest BCUT2D eigenvalue weighted by Gasteiger charge is -2.02. The Balaban J connectivity index is 1.74. The fourth-order valence-corrected chi connectivity index (χ4v) is 2.08. The van der Waals surface area contributed by atoms with Gasteiger partial charge in [-0.1, -0.05) is 22.8 Å². The van der Waals surface area contributed by atoms with Gasteiger partial charge in [-0.2, -0.15) is 0 Å². The second-order valence-electron chi connectivity index (χ2n) is 4.96. The number of hydrogen-bond donors (Lipinski definition) is 1. The Kier molecular flexibility index (Phi) is 4.05. The Morgan fingerprint density at radius 1 is 1.13 bits per heavy atom. The van der Waals surface area contributed by atoms with E-state index in [0.717, 1.165) is 11.1 Å². The van der Waals surface area contributed by atoms with E-state index in [4.69, 9.17) is 9.15 Å². The monoisotopic (exact) mass is 309 g/mol. The van der Waals surface area contributed by atoms with Crippen molar-refractivity contribution < 1.29 is 13.9 Å². The topological polar surface area (TPSA) is 77.2 Å². The predicted molar refractivity (Wildman–Crippen MR) is 85.4 cm³/mol. The first kappa shape index (κ1) is 14.8. The highest BCUT2D eigenvalue weighted by Gasteiger charge is 2.13. The Bertz CT molecular complexity index is 825. The molecule has 23 heavy (non-hydrogen) atoms. The van der Waals surface area contributed by atoms with Crippen molar-refractivity contribution in [2.45, 2.75) is 6.92 Å². The molecule has 0 aliphatic carbocycles. The third kappa shape index (κ3) is 3.37. The van der Waals surface area contributed by atoms with Crippen LogP contribution in [0.25, 0.3) is 11.5 Å². The van der Waals surface area contributed by atoms with Crippen LogP contribution in [0.2, 0.25) is 0 Å². The number of nitrogens with one attached hydrogen (secondary N) is 1. The highest BCUT2D eigenvalue weighted by Crippen LogP contribution is 2.21. The molecule has 6 heteroatoms. The van der Waals surface area contributed by atoms with Crippen LogP contribution in [0.5, 0.6) is 5.75 Å². The maximum atomic E-state index is 12.1. The zero-order valence-electron chi connectivity index (χ0n) is 12.7. The van der Waals surface area contributed by atoms with E-state index >= 15 is 0 Å². The van der Waals surface area contributed by atoms with E-state index in [9.17, 15) is 4.79 Å². The molecule has 1 N–H and O–H groups in total. The second kappa shape index (κ2) is 6.31. The first-order valence-electron chi connectivity index (χ1n) is 7.01. The molecule has 0 atom stereocenters. The molecule has 3 rings (SSSR count). The number of amides is 1. The summed E-state index contributed by atoms with van der Waals surface area (Å²) in [6.07, 6.45) is 0. The van der Waals surface area contributed by atoms with E-state index in [0.29, 0.717) is 17.2 Å². The highest BCUT2D eigenvalue weighted by atomic mass is 16.5. The fourth-order valence-electron chi connectivity index (χ4n) is 2.08. The highest BCUT2D eigenvalue weighted by molar-refractivity contribution is 6.03. The van der Waals surface area contributed by atoms with Crippen molar-refractivity contribution in [1.82, 2.24) is 10.2 Å². The smallest absolute Gasteiger partial charge is 0.322 e. The third-order valence-corrected chi connectivity index (χ3v) is 3.26. The van der Waals surface area contributed by atoms with E-state index < -0.39 is 0 Å². The van der Waals surface area contributed by atoms with Crippen LogP contribution in [0.1, 0.15) is 15.9 Å². The first-order chi connectivity index (χ1) is 11.2. The molecule has 0 aliphatic heterocycles. The Morgan fingerprint density at radius 2 is 1.91 bits per heavy atom. The minimum atomic E-state index is -0.327. The zero-order valence-corrected chi connectivity index (χ0v) is 12.7. The van der Waals surface area contributed by atoms with Crippen LogP contribution in [-0.2, 0) is 0 Å². The molecule has 0 saturated heterocycles. The molecule has 0 bridgehead atoms. The van der Waals surface area contributed by atoms with Gasteiger partial charge in [0, 0.05) is 11.1 Å². The maximum Gasteiger partial charge on any atom is 0.322 e. The molecule has 0 aliphatic rings. The summed E-state index contributed by atoms with van der Waals surface area (Å²) in [4.78, 5) is 12.1. The molecular formula is C17H15N3O3. The van der Waals surface area contributed by atoms with Crippen molar-refractivity contribution >= 4 is 11.9 Å². The Hall–Kier alpha value is -3.15. The molecule has 1 aromatic heterocycles. The van der Waals surface area contributed by atoms with Crippen LogP contribution in [0.15, 0.2) is 52.9 Å². The average molecular weight is 309 g/mol. The molecular weight excluding hydrogens is 294 g/mol. The van der Waals surface area contributed by atoms with Crippen LogP contribution in [-0.4, -0.2) is 23.2 Å². The number of rotatable bonds is 4. The molecule has 1 heterocycles. The minimum absolute atomic E-state index is 0.0577. The molecule has 6 nitrogen and oxygen atoms in total. The van der Waals surface area contributed by atoms with Gasteiger partial charge in [-0.25, -0.2) is 0 Å². The van der Waals surface area contributed by atoms with Gasteiger partial charge in [-0.3, -0.25) is 10.1 Å². The van der Waals surface area contributed by atoms with Crippen LogP contribution in [0, 0.1) is 6.92 Å². The van der Waals surface area contributed by atoms with E-state index in [1.807, 2.05) is 31.2 Å². The van der Waals surface area contributed by atoms with E-state index in [2.05, 4.69) is 15.5 Å². The number of benzene rings is 2. The molecule has 0 fully saturated rings. The largest absolute Gasteiger partial charge is 0.497 e. The third-order valence-electron chi connectivity index (χ3n) is 3.26. The van der Waals surface area contributed by atoms with Gasteiger partial charge in [0.05, 0.1) is 7.11 Å². The zero-order chi connectivity index (χ0) is 16.2. The number of ether oxygens (including phenoxy) is 1. The number of carbonyl (C=O) groups is 1. The molecule has 0 radical (unpaired) electrons. The molecule has 0 unspecified atom stereocenters. The Labute approximate surface area is 133 Å². The number of methoxy groups -OCH3 is 1. The van der Waals surface area contributed by atoms with Crippen molar-refractivity contribution in [3.8, 4) is 17.2 Å². The summed E-state index contributed by atoms with van der Waals surface area (Å²) in [6, 6.07) is 14.5. The van der Waals surface area contributed by atoms with Gasteiger partial charge in [-0.15, -0.1) is 5.10 Å². The molecule has 1 amide bonds. The van der Waals surface area contributed by atoms with Crippen molar-refractivity contribution in [3.05, 3.63) is 59.7 Å². The summed E-state index contributed by atoms with van der Waals surface area (Å²) in [7, 11) is 1.57. The van der Waals surface area contributed by atoms with Crippen LogP contribution in [0.4, 0.5) is 6.01 Å². The van der Waals surface area contributed by atoms with E-state index in [1.54, 1.807) is 31.4 Å². The standard InChI is InChI=1S/C17H15N3O3/c1-11-4-3-5-13(10-11)16-19-20-17(23-16)18-15(21)12-6-8-14(22-2)9-7-12/h3-10H,1-2H3,(H,18,20,21). The number of hydrogen-bond acceptors (Lipinski definition) is 5. The predicted octanol–water partition coefficient (Wildman–Crippen LogP) is 3.31. The van der Waals surface area contributed by atoms with E-state index in [-0.39, 0.29) is 11.9 Å². The van der Waals surface area contributed by atoms with Crippen LogP contribution in [0.3, 0.4) is 0 Å². The lowest BCUT2D eigenvalue weighted by Crippen LogP contribution is -2.11. The summed E-state index contributed by atoms with van der Waals surface area (Å²) in [5.41, 5.74) is 2.37. The fraction of sp³-hybridized carbons (Fsp3) is 0.118. The molecule has 2 aromatic carbocycles. The molecule has 116 valence electrons. The lowest BCUT2D eigenvalue weighted by atomic mass is 10.1. The lowest BCUT2D eigenvalue weighted by molar-refractivity contribution is 0.102. The first-order valence-corrected chi connectivity index (χ1v) is 7.01. The van der Waals surface area contributed by atoms with Gasteiger partial charge in [0.15, 0.2) is 0 Å². The van der Waals surface area contributed by atoms with Gasteiger partial charge in [0.25, 0.3) is 5.91 Å². The average Bonchev–Trinajstić information content (AvgIpc) is 3.03. The normalized spacial score (nSPS) is 10.3. The van der Waals surface area contributed by atoms with Crippen LogP contribution >= 0.6 is 0 Å². The SMILES string of the molecule is COc1ccc(C(=O)Nc2nnc(-c3cccc(C)c3)o2)cc1. The summed E-state index contributed by atoms with van der Waals surface area (Å²) < 4.78 is 10.5. The number of aryl methyl sites for hydroxylation is 1. The van der Waals surface area contributed by atoms with Crippen molar-refractivity contribution in [3.63, 3.8) is 0 Å². The number of nitrogens with zero attached hydrogens (tertiary/aromatic N) is 2. The quantitative estimate of drug-likeness (QED) is 0.800. The minimum Gasteiger partial charge on any atom is -0.497 e. The van der Waals surface area contributed by atoms with Gasteiger partial charge < -0.3 is 9.15 Å². The summed E-state index contributed by atoms with van der Waals surface area (Å²) in [5.74, 6) is 0.715. The number of anilines is 1. The molecule has 0 saturated carbocycles. The Morgan fingerprint density at radius 3 is 2.61 bits per heavy atom. The maximum absolute atomic E-state index is 12.1. The number of carbonyl (C=O) groups excluding carboxylic acids is 1. The van der Waals surface area contributed by atoms with Crippen molar-refractivity contribution in [1.29, 1.82) is 0 Å². The van der Waals surface area contributed by atoms with Crippen molar-refractivity contribution in [2.75, 3.05) is 12.4 Å². The van der Waals surface area contributed by atoms with Crippen molar-refractivity contribution in [2.24, 2.45) is 0 Å². The molecule has 0 spiro atoms. The van der Waals surface area contributed by atoms with Gasteiger partial charge in [0.2, 0.25) is 5.89 Å². The summed E-state index contributed by atoms with van der Waals surface area (Å²) >= 11 is 0. The van der Waals surface area contributed by atoms with Crippen LogP contribution < -0.4 is 10.1 Å². The second-order valence-corrected chi connectivity index (χ2v) is 4.96. The summed E-state index contributed by atoms with van der Waals surface area (Å²) in [5, 5.41) is 10.4. The van der Waals surface area contributed by atoms with Gasteiger partial charge in [0.1, 0.15) is 5.75 Å². The van der Waals surface area contributed by atoms with E-state index in [1.165, 1.54) is 0 Å². The number of aromatic nitrogens is 2. The summed E-state index contributed by atoms with van der Waals surface area (Å²) in [6.45, 7) is 1.98. The van der Waals surface area contributed by atoms with Gasteiger partial charge in [-0.05, 0) is 43.3 Å².